The monoisotopic (exact) mass is 281 g/mol. The Kier molecular flexibility index (Phi) is 5.40. The number of thioether (sulfide) groups is 1. The van der Waals surface area contributed by atoms with E-state index in [2.05, 4.69) is 6.07 Å². The molecule has 3 nitrogen and oxygen atoms in total. The van der Waals surface area contributed by atoms with Gasteiger partial charge in [-0.3, -0.25) is 0 Å². The molecule has 1 fully saturated rings. The molecule has 2 unspecified atom stereocenters. The van der Waals surface area contributed by atoms with Gasteiger partial charge in [0.2, 0.25) is 0 Å². The Bertz CT molecular complexity index is 403. The van der Waals surface area contributed by atoms with Crippen LogP contribution in [0.1, 0.15) is 25.3 Å². The van der Waals surface area contributed by atoms with Crippen LogP contribution in [0.2, 0.25) is 0 Å². The minimum Gasteiger partial charge on any atom is -0.493 e. The van der Waals surface area contributed by atoms with E-state index < -0.39 is 0 Å². The molecule has 19 heavy (non-hydrogen) atoms. The second kappa shape index (κ2) is 7.06. The summed E-state index contributed by atoms with van der Waals surface area (Å²) in [5, 5.41) is 0. The van der Waals surface area contributed by atoms with Crippen LogP contribution in [0.5, 0.6) is 11.5 Å². The first-order chi connectivity index (χ1) is 9.20. The molecule has 1 aromatic carbocycles. The van der Waals surface area contributed by atoms with Crippen molar-refractivity contribution in [2.45, 2.75) is 38.3 Å². The third-order valence-corrected chi connectivity index (χ3v) is 4.40. The van der Waals surface area contributed by atoms with Crippen LogP contribution in [0.4, 0.5) is 0 Å². The van der Waals surface area contributed by atoms with Crippen molar-refractivity contribution in [3.8, 4) is 11.5 Å². The van der Waals surface area contributed by atoms with E-state index in [1.165, 1.54) is 12.2 Å². The second-order valence-corrected chi connectivity index (χ2v) is 6.24. The SMILES string of the molecule is COc1c(CC(C)N)cccc1OC1CCCSC1. The van der Waals surface area contributed by atoms with Crippen molar-refractivity contribution in [2.24, 2.45) is 5.73 Å². The van der Waals surface area contributed by atoms with E-state index in [9.17, 15) is 0 Å². The summed E-state index contributed by atoms with van der Waals surface area (Å²) < 4.78 is 11.6. The van der Waals surface area contributed by atoms with Gasteiger partial charge in [-0.2, -0.15) is 11.8 Å². The topological polar surface area (TPSA) is 44.5 Å². The first-order valence-electron chi connectivity index (χ1n) is 6.86. The average Bonchev–Trinajstić information content (AvgIpc) is 2.39. The van der Waals surface area contributed by atoms with Gasteiger partial charge in [0.05, 0.1) is 7.11 Å². The van der Waals surface area contributed by atoms with Gasteiger partial charge in [0, 0.05) is 11.8 Å². The number of nitrogens with two attached hydrogens (primary N) is 1. The third kappa shape index (κ3) is 4.05. The zero-order chi connectivity index (χ0) is 13.7. The molecule has 0 spiro atoms. The van der Waals surface area contributed by atoms with Gasteiger partial charge in [0.1, 0.15) is 6.10 Å². The summed E-state index contributed by atoms with van der Waals surface area (Å²) in [6.45, 7) is 2.00. The molecule has 1 heterocycles. The standard InChI is InChI=1S/C15H23NO2S/c1-11(16)9-12-5-3-7-14(15(12)17-2)18-13-6-4-8-19-10-13/h3,5,7,11,13H,4,6,8-10,16H2,1-2H3. The highest BCUT2D eigenvalue weighted by molar-refractivity contribution is 7.99. The van der Waals surface area contributed by atoms with Gasteiger partial charge in [0.25, 0.3) is 0 Å². The molecule has 2 N–H and O–H groups in total. The highest BCUT2D eigenvalue weighted by Gasteiger charge is 2.18. The zero-order valence-electron chi connectivity index (χ0n) is 11.7. The Hall–Kier alpha value is -0.870. The lowest BCUT2D eigenvalue weighted by atomic mass is 10.1. The van der Waals surface area contributed by atoms with Crippen LogP contribution in [0.15, 0.2) is 18.2 Å². The van der Waals surface area contributed by atoms with Crippen LogP contribution in [0.3, 0.4) is 0 Å². The zero-order valence-corrected chi connectivity index (χ0v) is 12.5. The normalized spacial score (nSPS) is 20.9. The number of ether oxygens (including phenoxy) is 2. The predicted octanol–water partition coefficient (Wildman–Crippen LogP) is 2.86. The highest BCUT2D eigenvalue weighted by atomic mass is 32.2. The van der Waals surface area contributed by atoms with Crippen LogP contribution in [0, 0.1) is 0 Å². The van der Waals surface area contributed by atoms with Crippen molar-refractivity contribution in [3.63, 3.8) is 0 Å². The van der Waals surface area contributed by atoms with E-state index in [4.69, 9.17) is 15.2 Å². The van der Waals surface area contributed by atoms with E-state index in [0.29, 0.717) is 6.10 Å². The fourth-order valence-electron chi connectivity index (χ4n) is 2.38. The number of rotatable bonds is 5. The molecule has 0 radical (unpaired) electrons. The van der Waals surface area contributed by atoms with Crippen molar-refractivity contribution in [2.75, 3.05) is 18.6 Å². The summed E-state index contributed by atoms with van der Waals surface area (Å²) in [5.41, 5.74) is 7.01. The molecule has 106 valence electrons. The van der Waals surface area contributed by atoms with Gasteiger partial charge in [-0.1, -0.05) is 12.1 Å². The van der Waals surface area contributed by atoms with Crippen LogP contribution in [-0.4, -0.2) is 30.8 Å². The van der Waals surface area contributed by atoms with Gasteiger partial charge < -0.3 is 15.2 Å². The summed E-state index contributed by atoms with van der Waals surface area (Å²) in [4.78, 5) is 0. The number of methoxy groups -OCH3 is 1. The Labute approximate surface area is 119 Å². The van der Waals surface area contributed by atoms with Gasteiger partial charge in [-0.15, -0.1) is 0 Å². The summed E-state index contributed by atoms with van der Waals surface area (Å²) >= 11 is 1.96. The van der Waals surface area contributed by atoms with E-state index in [0.717, 1.165) is 35.7 Å². The number of para-hydroxylation sites is 1. The maximum atomic E-state index is 6.11. The molecule has 1 aliphatic heterocycles. The van der Waals surface area contributed by atoms with Crippen molar-refractivity contribution in [1.29, 1.82) is 0 Å². The number of benzene rings is 1. The first kappa shape index (κ1) is 14.5. The Morgan fingerprint density at radius 2 is 2.32 bits per heavy atom. The summed E-state index contributed by atoms with van der Waals surface area (Å²) in [6.07, 6.45) is 3.48. The third-order valence-electron chi connectivity index (χ3n) is 3.22. The second-order valence-electron chi connectivity index (χ2n) is 5.09. The quantitative estimate of drug-likeness (QED) is 0.901. The van der Waals surface area contributed by atoms with Gasteiger partial charge in [-0.05, 0) is 43.6 Å². The van der Waals surface area contributed by atoms with Crippen LogP contribution >= 0.6 is 11.8 Å². The maximum Gasteiger partial charge on any atom is 0.163 e. The largest absolute Gasteiger partial charge is 0.493 e. The molecule has 0 aromatic heterocycles. The van der Waals surface area contributed by atoms with Crippen LogP contribution in [-0.2, 0) is 6.42 Å². The van der Waals surface area contributed by atoms with Crippen molar-refractivity contribution >= 4 is 11.8 Å². The lowest BCUT2D eigenvalue weighted by Gasteiger charge is -2.24. The maximum absolute atomic E-state index is 6.11. The number of hydrogen-bond acceptors (Lipinski definition) is 4. The van der Waals surface area contributed by atoms with Crippen LogP contribution < -0.4 is 15.2 Å². The summed E-state index contributed by atoms with van der Waals surface area (Å²) in [6, 6.07) is 6.19. The minimum atomic E-state index is 0.120. The molecule has 0 amide bonds. The fourth-order valence-corrected chi connectivity index (χ4v) is 3.41. The molecule has 1 saturated heterocycles. The minimum absolute atomic E-state index is 0.120. The van der Waals surface area contributed by atoms with Crippen molar-refractivity contribution in [3.05, 3.63) is 23.8 Å². The van der Waals surface area contributed by atoms with E-state index in [1.54, 1.807) is 7.11 Å². The molecule has 1 aliphatic rings. The molecule has 4 heteroatoms. The van der Waals surface area contributed by atoms with Gasteiger partial charge >= 0.3 is 0 Å². The van der Waals surface area contributed by atoms with E-state index >= 15 is 0 Å². The van der Waals surface area contributed by atoms with Crippen molar-refractivity contribution in [1.82, 2.24) is 0 Å². The smallest absolute Gasteiger partial charge is 0.163 e. The molecular weight excluding hydrogens is 258 g/mol. The molecule has 0 bridgehead atoms. The first-order valence-corrected chi connectivity index (χ1v) is 8.02. The lowest BCUT2D eigenvalue weighted by Crippen LogP contribution is -2.24. The average molecular weight is 281 g/mol. The van der Waals surface area contributed by atoms with Crippen LogP contribution in [0.25, 0.3) is 0 Å². The molecular formula is C15H23NO2S. The molecule has 2 rings (SSSR count). The summed E-state index contributed by atoms with van der Waals surface area (Å²) in [5.74, 6) is 4.02. The van der Waals surface area contributed by atoms with Gasteiger partial charge in [0.15, 0.2) is 11.5 Å². The summed E-state index contributed by atoms with van der Waals surface area (Å²) in [7, 11) is 1.70. The molecule has 0 saturated carbocycles. The molecule has 2 atom stereocenters. The van der Waals surface area contributed by atoms with Gasteiger partial charge in [-0.25, -0.2) is 0 Å². The lowest BCUT2D eigenvalue weighted by molar-refractivity contribution is 0.202. The molecule has 1 aromatic rings. The van der Waals surface area contributed by atoms with Crippen molar-refractivity contribution < 1.29 is 9.47 Å². The predicted molar refractivity (Wildman–Crippen MR) is 81.3 cm³/mol. The Balaban J connectivity index is 2.14. The Morgan fingerprint density at radius 1 is 1.47 bits per heavy atom. The fraction of sp³-hybridized carbons (Fsp3) is 0.600. The highest BCUT2D eigenvalue weighted by Crippen LogP contribution is 2.34. The molecule has 0 aliphatic carbocycles. The number of hydrogen-bond donors (Lipinski definition) is 1. The van der Waals surface area contributed by atoms with E-state index in [1.807, 2.05) is 30.8 Å². The Morgan fingerprint density at radius 3 is 2.95 bits per heavy atom. The van der Waals surface area contributed by atoms with E-state index in [-0.39, 0.29) is 6.04 Å².